The van der Waals surface area contributed by atoms with Crippen LogP contribution in [0.2, 0.25) is 5.02 Å². The van der Waals surface area contributed by atoms with Crippen molar-refractivity contribution in [2.75, 3.05) is 6.54 Å². The predicted octanol–water partition coefficient (Wildman–Crippen LogP) is 4.15. The predicted molar refractivity (Wildman–Crippen MR) is 103 cm³/mol. The topological polar surface area (TPSA) is 69.3 Å². The van der Waals surface area contributed by atoms with Crippen LogP contribution in [0, 0.1) is 13.8 Å². The van der Waals surface area contributed by atoms with Crippen LogP contribution < -0.4 is 10.1 Å². The van der Waals surface area contributed by atoms with Crippen LogP contribution in [-0.4, -0.2) is 22.2 Å². The number of aryl methyl sites for hydroxylation is 3. The van der Waals surface area contributed by atoms with E-state index in [2.05, 4.69) is 10.4 Å². The van der Waals surface area contributed by atoms with Gasteiger partial charge in [0.15, 0.2) is 5.76 Å². The van der Waals surface area contributed by atoms with Crippen LogP contribution in [0.15, 0.2) is 47.0 Å². The molecule has 1 N–H and O–H groups in total. The molecule has 6 nitrogen and oxygen atoms in total. The van der Waals surface area contributed by atoms with E-state index in [0.29, 0.717) is 23.1 Å². The molecule has 0 saturated heterocycles. The van der Waals surface area contributed by atoms with E-state index < -0.39 is 0 Å². The number of nitrogens with one attached hydrogen (secondary N) is 1. The molecule has 2 aromatic heterocycles. The summed E-state index contributed by atoms with van der Waals surface area (Å²) in [4.78, 5) is 12.2. The van der Waals surface area contributed by atoms with Gasteiger partial charge in [-0.05, 0) is 62.2 Å². The molecular formula is C20H22ClN3O3. The van der Waals surface area contributed by atoms with Gasteiger partial charge in [-0.15, -0.1) is 0 Å². The summed E-state index contributed by atoms with van der Waals surface area (Å²) in [6, 6.07) is 10.8. The second-order valence-electron chi connectivity index (χ2n) is 6.27. The molecule has 0 atom stereocenters. The Bertz CT molecular complexity index is 917. The van der Waals surface area contributed by atoms with Gasteiger partial charge < -0.3 is 14.5 Å². The first-order valence-electron chi connectivity index (χ1n) is 8.77. The second kappa shape index (κ2) is 8.77. The van der Waals surface area contributed by atoms with Crippen molar-refractivity contribution in [1.82, 2.24) is 15.1 Å². The molecule has 142 valence electrons. The van der Waals surface area contributed by atoms with E-state index in [1.54, 1.807) is 30.5 Å². The fourth-order valence-corrected chi connectivity index (χ4v) is 2.71. The standard InChI is InChI=1S/C20H22ClN3O3/c1-14-12-16(4-6-18(14)21)26-13-17-5-7-19(27-17)20(25)22-9-3-11-24-15(2)8-10-23-24/h4-8,10,12H,3,9,11,13H2,1-2H3,(H,22,25). The quantitative estimate of drug-likeness (QED) is 0.589. The molecule has 1 aromatic carbocycles. The monoisotopic (exact) mass is 387 g/mol. The first-order valence-corrected chi connectivity index (χ1v) is 9.15. The lowest BCUT2D eigenvalue weighted by Gasteiger charge is -2.06. The van der Waals surface area contributed by atoms with Gasteiger partial charge in [0, 0.05) is 30.0 Å². The summed E-state index contributed by atoms with van der Waals surface area (Å²) in [6.45, 7) is 5.47. The van der Waals surface area contributed by atoms with Gasteiger partial charge >= 0.3 is 0 Å². The maximum atomic E-state index is 12.2. The molecule has 0 aliphatic carbocycles. The largest absolute Gasteiger partial charge is 0.486 e. The van der Waals surface area contributed by atoms with Gasteiger partial charge in [0.05, 0.1) is 0 Å². The maximum Gasteiger partial charge on any atom is 0.286 e. The molecule has 0 spiro atoms. The van der Waals surface area contributed by atoms with Crippen molar-refractivity contribution in [3.8, 4) is 5.75 Å². The minimum absolute atomic E-state index is 0.235. The van der Waals surface area contributed by atoms with Gasteiger partial charge in [-0.2, -0.15) is 5.10 Å². The molecule has 0 unspecified atom stereocenters. The fraction of sp³-hybridized carbons (Fsp3) is 0.300. The number of amides is 1. The molecule has 0 aliphatic rings. The Labute approximate surface area is 163 Å². The van der Waals surface area contributed by atoms with E-state index in [0.717, 1.165) is 24.2 Å². The van der Waals surface area contributed by atoms with Crippen molar-refractivity contribution in [2.45, 2.75) is 33.4 Å². The summed E-state index contributed by atoms with van der Waals surface area (Å²) < 4.78 is 13.2. The Kier molecular flexibility index (Phi) is 6.19. The van der Waals surface area contributed by atoms with Gasteiger partial charge in [-0.3, -0.25) is 9.48 Å². The average Bonchev–Trinajstić information content (AvgIpc) is 3.29. The zero-order chi connectivity index (χ0) is 19.2. The number of halogens is 1. The molecule has 27 heavy (non-hydrogen) atoms. The summed E-state index contributed by atoms with van der Waals surface area (Å²) in [6.07, 6.45) is 2.56. The van der Waals surface area contributed by atoms with Gasteiger partial charge in [0.1, 0.15) is 18.1 Å². The third-order valence-corrected chi connectivity index (χ3v) is 4.58. The molecule has 0 aliphatic heterocycles. The first-order chi connectivity index (χ1) is 13.0. The molecule has 7 heteroatoms. The van der Waals surface area contributed by atoms with E-state index >= 15 is 0 Å². The molecule has 3 aromatic rings. The lowest BCUT2D eigenvalue weighted by molar-refractivity contribution is 0.0921. The number of rotatable bonds is 8. The van der Waals surface area contributed by atoms with Crippen molar-refractivity contribution in [1.29, 1.82) is 0 Å². The Morgan fingerprint density at radius 1 is 1.26 bits per heavy atom. The lowest BCUT2D eigenvalue weighted by atomic mass is 10.2. The number of hydrogen-bond donors (Lipinski definition) is 1. The number of aromatic nitrogens is 2. The van der Waals surface area contributed by atoms with Crippen molar-refractivity contribution >= 4 is 17.5 Å². The summed E-state index contributed by atoms with van der Waals surface area (Å²) in [5, 5.41) is 7.76. The van der Waals surface area contributed by atoms with Crippen molar-refractivity contribution in [3.63, 3.8) is 0 Å². The highest BCUT2D eigenvalue weighted by atomic mass is 35.5. The molecule has 0 bridgehead atoms. The minimum Gasteiger partial charge on any atom is -0.486 e. The fourth-order valence-electron chi connectivity index (χ4n) is 2.59. The SMILES string of the molecule is Cc1cc(OCc2ccc(C(=O)NCCCn3nccc3C)o2)ccc1Cl. The molecule has 0 saturated carbocycles. The van der Waals surface area contributed by atoms with Gasteiger partial charge in [-0.1, -0.05) is 11.6 Å². The Morgan fingerprint density at radius 2 is 2.11 bits per heavy atom. The van der Waals surface area contributed by atoms with Crippen LogP contribution in [0.5, 0.6) is 5.75 Å². The van der Waals surface area contributed by atoms with Gasteiger partial charge in [-0.25, -0.2) is 0 Å². The lowest BCUT2D eigenvalue weighted by Crippen LogP contribution is -2.25. The van der Waals surface area contributed by atoms with Gasteiger partial charge in [0.2, 0.25) is 0 Å². The molecule has 1 amide bonds. The van der Waals surface area contributed by atoms with E-state index in [9.17, 15) is 4.79 Å². The number of carbonyl (C=O) groups excluding carboxylic acids is 1. The molecule has 0 radical (unpaired) electrons. The number of nitrogens with zero attached hydrogens (tertiary/aromatic N) is 2. The Morgan fingerprint density at radius 3 is 2.85 bits per heavy atom. The van der Waals surface area contributed by atoms with Crippen LogP contribution in [0.25, 0.3) is 0 Å². The highest BCUT2D eigenvalue weighted by Crippen LogP contribution is 2.22. The van der Waals surface area contributed by atoms with E-state index in [1.165, 1.54) is 0 Å². The number of hydrogen-bond acceptors (Lipinski definition) is 4. The molecule has 2 heterocycles. The number of benzene rings is 1. The van der Waals surface area contributed by atoms with Gasteiger partial charge in [0.25, 0.3) is 5.91 Å². The summed E-state index contributed by atoms with van der Waals surface area (Å²) >= 11 is 6.00. The highest BCUT2D eigenvalue weighted by molar-refractivity contribution is 6.31. The van der Waals surface area contributed by atoms with Crippen LogP contribution >= 0.6 is 11.6 Å². The number of carbonyl (C=O) groups is 1. The summed E-state index contributed by atoms with van der Waals surface area (Å²) in [7, 11) is 0. The number of ether oxygens (including phenoxy) is 1. The van der Waals surface area contributed by atoms with Crippen LogP contribution in [0.4, 0.5) is 0 Å². The van der Waals surface area contributed by atoms with E-state index in [-0.39, 0.29) is 18.3 Å². The van der Waals surface area contributed by atoms with E-state index in [4.69, 9.17) is 20.8 Å². The van der Waals surface area contributed by atoms with Crippen molar-refractivity contribution in [2.24, 2.45) is 0 Å². The normalized spacial score (nSPS) is 10.8. The van der Waals surface area contributed by atoms with Crippen molar-refractivity contribution < 1.29 is 13.9 Å². The summed E-state index contributed by atoms with van der Waals surface area (Å²) in [5.41, 5.74) is 2.05. The van der Waals surface area contributed by atoms with Crippen LogP contribution in [0.1, 0.15) is 34.0 Å². The van der Waals surface area contributed by atoms with Crippen LogP contribution in [-0.2, 0) is 13.2 Å². The third-order valence-electron chi connectivity index (χ3n) is 4.16. The average molecular weight is 388 g/mol. The molecule has 0 fully saturated rings. The maximum absolute atomic E-state index is 12.2. The summed E-state index contributed by atoms with van der Waals surface area (Å²) in [5.74, 6) is 1.32. The van der Waals surface area contributed by atoms with E-state index in [1.807, 2.05) is 30.7 Å². The molecular weight excluding hydrogens is 366 g/mol. The second-order valence-corrected chi connectivity index (χ2v) is 6.68. The minimum atomic E-state index is -0.235. The Balaban J connectivity index is 1.44. The number of furan rings is 1. The first kappa shape index (κ1) is 19.0. The smallest absolute Gasteiger partial charge is 0.286 e. The highest BCUT2D eigenvalue weighted by Gasteiger charge is 2.11. The zero-order valence-corrected chi connectivity index (χ0v) is 16.1. The third kappa shape index (κ3) is 5.14. The van der Waals surface area contributed by atoms with Crippen molar-refractivity contribution in [3.05, 3.63) is 70.4 Å². The van der Waals surface area contributed by atoms with Crippen LogP contribution in [0.3, 0.4) is 0 Å². The molecule has 3 rings (SSSR count). The zero-order valence-electron chi connectivity index (χ0n) is 15.4. The Hall–Kier alpha value is -2.73.